The van der Waals surface area contributed by atoms with Crippen LogP contribution in [0, 0.1) is 0 Å². The fourth-order valence-electron chi connectivity index (χ4n) is 1.18. The van der Waals surface area contributed by atoms with Crippen molar-refractivity contribution in [1.82, 2.24) is 0 Å². The van der Waals surface area contributed by atoms with Crippen LogP contribution >= 0.6 is 31.9 Å². The van der Waals surface area contributed by atoms with Crippen LogP contribution in [0.4, 0.5) is 0 Å². The van der Waals surface area contributed by atoms with Gasteiger partial charge in [0.1, 0.15) is 0 Å². The van der Waals surface area contributed by atoms with Gasteiger partial charge in [0.25, 0.3) is 0 Å². The van der Waals surface area contributed by atoms with Gasteiger partial charge in [-0.15, -0.1) is 0 Å². The molecule has 0 radical (unpaired) electrons. The summed E-state index contributed by atoms with van der Waals surface area (Å²) in [5, 5.41) is 8.66. The largest absolute Gasteiger partial charge is 0.396 e. The monoisotopic (exact) mass is 306 g/mol. The molecule has 0 heterocycles. The van der Waals surface area contributed by atoms with Gasteiger partial charge < -0.3 is 5.11 Å². The number of halogens is 2. The van der Waals surface area contributed by atoms with E-state index < -0.39 is 0 Å². The molecular weight excluding hydrogens is 296 g/mol. The van der Waals surface area contributed by atoms with E-state index in [2.05, 4.69) is 31.9 Å². The Bertz CT molecular complexity index is 253. The Morgan fingerprint density at radius 2 is 1.69 bits per heavy atom. The molecule has 1 nitrogen and oxygen atoms in total. The second-order valence-corrected chi connectivity index (χ2v) is 4.59. The molecule has 0 saturated heterocycles. The maximum Gasteiger partial charge on any atom is 0.0431 e. The number of rotatable bonds is 4. The summed E-state index contributed by atoms with van der Waals surface area (Å²) in [5.74, 6) is 0. The lowest BCUT2D eigenvalue weighted by atomic mass is 10.1. The van der Waals surface area contributed by atoms with E-state index in [1.165, 1.54) is 5.56 Å². The number of hydrogen-bond donors (Lipinski definition) is 1. The fraction of sp³-hybridized carbons (Fsp3) is 0.400. The number of aliphatic hydroxyl groups excluding tert-OH is 1. The highest BCUT2D eigenvalue weighted by atomic mass is 79.9. The summed E-state index contributed by atoms with van der Waals surface area (Å²) in [6.07, 6.45) is 2.90. The van der Waals surface area contributed by atoms with Gasteiger partial charge in [0, 0.05) is 15.6 Å². The number of unbranched alkanes of at least 4 members (excludes halogenated alkanes) is 1. The van der Waals surface area contributed by atoms with E-state index in [4.69, 9.17) is 5.11 Å². The highest BCUT2D eigenvalue weighted by Crippen LogP contribution is 2.26. The van der Waals surface area contributed by atoms with Crippen molar-refractivity contribution >= 4 is 31.9 Å². The average Bonchev–Trinajstić information content (AvgIpc) is 2.10. The maximum atomic E-state index is 8.66. The van der Waals surface area contributed by atoms with Crippen LogP contribution in [0.15, 0.2) is 27.1 Å². The van der Waals surface area contributed by atoms with Gasteiger partial charge in [-0.2, -0.15) is 0 Å². The summed E-state index contributed by atoms with van der Waals surface area (Å²) < 4.78 is 2.28. The van der Waals surface area contributed by atoms with Crippen LogP contribution in [0.3, 0.4) is 0 Å². The quantitative estimate of drug-likeness (QED) is 0.844. The van der Waals surface area contributed by atoms with Gasteiger partial charge in [-0.05, 0) is 37.0 Å². The molecule has 0 amide bonds. The van der Waals surface area contributed by atoms with Gasteiger partial charge in [-0.1, -0.05) is 37.9 Å². The highest BCUT2D eigenvalue weighted by molar-refractivity contribution is 9.11. The molecule has 0 atom stereocenters. The Morgan fingerprint density at radius 3 is 2.23 bits per heavy atom. The predicted octanol–water partition coefficient (Wildman–Crippen LogP) is 3.53. The summed E-state index contributed by atoms with van der Waals surface area (Å²) in [6, 6.07) is 6.09. The van der Waals surface area contributed by atoms with Gasteiger partial charge >= 0.3 is 0 Å². The summed E-state index contributed by atoms with van der Waals surface area (Å²) in [7, 11) is 0. The van der Waals surface area contributed by atoms with Crippen LogP contribution in [0.5, 0.6) is 0 Å². The second kappa shape index (κ2) is 5.78. The van der Waals surface area contributed by atoms with E-state index in [0.717, 1.165) is 28.2 Å². The first-order valence-corrected chi connectivity index (χ1v) is 5.88. The summed E-state index contributed by atoms with van der Waals surface area (Å²) in [5.41, 5.74) is 1.29. The van der Waals surface area contributed by atoms with E-state index >= 15 is 0 Å². The van der Waals surface area contributed by atoms with Gasteiger partial charge in [0.2, 0.25) is 0 Å². The van der Waals surface area contributed by atoms with Gasteiger partial charge in [0.15, 0.2) is 0 Å². The summed E-state index contributed by atoms with van der Waals surface area (Å²) in [4.78, 5) is 0. The van der Waals surface area contributed by atoms with Crippen LogP contribution < -0.4 is 0 Å². The van der Waals surface area contributed by atoms with Crippen molar-refractivity contribution in [3.63, 3.8) is 0 Å². The van der Waals surface area contributed by atoms with E-state index in [1.54, 1.807) is 0 Å². The molecule has 0 aliphatic heterocycles. The fourth-order valence-corrected chi connectivity index (χ4v) is 2.58. The Balaban J connectivity index is 2.64. The van der Waals surface area contributed by atoms with Crippen LogP contribution in [0.1, 0.15) is 18.4 Å². The molecule has 1 N–H and O–H groups in total. The van der Waals surface area contributed by atoms with E-state index in [9.17, 15) is 0 Å². The van der Waals surface area contributed by atoms with Crippen molar-refractivity contribution in [2.45, 2.75) is 19.3 Å². The third kappa shape index (κ3) is 3.41. The van der Waals surface area contributed by atoms with Crippen molar-refractivity contribution in [2.75, 3.05) is 6.61 Å². The first-order valence-electron chi connectivity index (χ1n) is 4.29. The van der Waals surface area contributed by atoms with Crippen LogP contribution in [-0.4, -0.2) is 11.7 Å². The first-order chi connectivity index (χ1) is 6.25. The van der Waals surface area contributed by atoms with Crippen LogP contribution in [0.2, 0.25) is 0 Å². The molecule has 0 aromatic heterocycles. The van der Waals surface area contributed by atoms with Gasteiger partial charge in [0.05, 0.1) is 0 Å². The van der Waals surface area contributed by atoms with Crippen molar-refractivity contribution in [1.29, 1.82) is 0 Å². The smallest absolute Gasteiger partial charge is 0.0431 e. The Hall–Kier alpha value is 0.140. The minimum absolute atomic E-state index is 0.280. The molecule has 1 aromatic carbocycles. The zero-order valence-electron chi connectivity index (χ0n) is 7.26. The van der Waals surface area contributed by atoms with Crippen LogP contribution in [0.25, 0.3) is 0 Å². The van der Waals surface area contributed by atoms with E-state index in [1.807, 2.05) is 18.2 Å². The minimum Gasteiger partial charge on any atom is -0.396 e. The molecule has 0 bridgehead atoms. The Labute approximate surface area is 95.4 Å². The number of aliphatic hydroxyl groups is 1. The molecule has 72 valence electrons. The molecule has 0 aliphatic rings. The minimum atomic E-state index is 0.280. The summed E-state index contributed by atoms with van der Waals surface area (Å²) in [6.45, 7) is 0.280. The third-order valence-corrected chi connectivity index (χ3v) is 3.38. The molecule has 0 unspecified atom stereocenters. The van der Waals surface area contributed by atoms with Crippen molar-refractivity contribution in [2.24, 2.45) is 0 Å². The van der Waals surface area contributed by atoms with E-state index in [-0.39, 0.29) is 6.61 Å². The molecule has 0 aliphatic carbocycles. The van der Waals surface area contributed by atoms with Crippen molar-refractivity contribution in [3.8, 4) is 0 Å². The maximum absolute atomic E-state index is 8.66. The molecular formula is C10H12Br2O. The van der Waals surface area contributed by atoms with E-state index in [0.29, 0.717) is 0 Å². The third-order valence-electron chi connectivity index (χ3n) is 1.90. The van der Waals surface area contributed by atoms with Crippen LogP contribution in [-0.2, 0) is 6.42 Å². The van der Waals surface area contributed by atoms with Gasteiger partial charge in [-0.25, -0.2) is 0 Å². The zero-order valence-corrected chi connectivity index (χ0v) is 10.4. The molecule has 1 rings (SSSR count). The lowest BCUT2D eigenvalue weighted by molar-refractivity contribution is 0.284. The molecule has 1 aromatic rings. The highest BCUT2D eigenvalue weighted by Gasteiger charge is 2.03. The number of hydrogen-bond acceptors (Lipinski definition) is 1. The molecule has 13 heavy (non-hydrogen) atoms. The standard InChI is InChI=1S/C10H12Br2O/c11-9-5-3-6-10(12)8(9)4-1-2-7-13/h3,5-6,13H,1-2,4,7H2. The SMILES string of the molecule is OCCCCc1c(Br)cccc1Br. The second-order valence-electron chi connectivity index (χ2n) is 2.88. The topological polar surface area (TPSA) is 20.2 Å². The van der Waals surface area contributed by atoms with Crippen molar-refractivity contribution in [3.05, 3.63) is 32.7 Å². The summed E-state index contributed by atoms with van der Waals surface area (Å²) >= 11 is 7.01. The Morgan fingerprint density at radius 1 is 1.08 bits per heavy atom. The molecule has 0 spiro atoms. The zero-order chi connectivity index (χ0) is 9.68. The normalized spacial score (nSPS) is 10.4. The lowest BCUT2D eigenvalue weighted by Crippen LogP contribution is -1.91. The van der Waals surface area contributed by atoms with Crippen molar-refractivity contribution < 1.29 is 5.11 Å². The van der Waals surface area contributed by atoms with Gasteiger partial charge in [-0.3, -0.25) is 0 Å². The average molecular weight is 308 g/mol. The predicted molar refractivity (Wildman–Crippen MR) is 61.9 cm³/mol. The lowest BCUT2D eigenvalue weighted by Gasteiger charge is -2.05. The first kappa shape index (κ1) is 11.2. The number of benzene rings is 1. The molecule has 0 fully saturated rings. The Kier molecular flexibility index (Phi) is 4.99. The molecule has 3 heteroatoms. The molecule has 0 saturated carbocycles.